The van der Waals surface area contributed by atoms with Crippen LogP contribution in [0.25, 0.3) is 11.0 Å². The van der Waals surface area contributed by atoms with Gasteiger partial charge in [0.1, 0.15) is 0 Å². The third kappa shape index (κ3) is 1.66. The fourth-order valence-corrected chi connectivity index (χ4v) is 2.47. The lowest BCUT2D eigenvalue weighted by Crippen LogP contribution is -1.90. The first kappa shape index (κ1) is 9.69. The summed E-state index contributed by atoms with van der Waals surface area (Å²) in [6.07, 6.45) is 0. The lowest BCUT2D eigenvalue weighted by Gasteiger charge is -1.98. The van der Waals surface area contributed by atoms with Gasteiger partial charge in [0.2, 0.25) is 5.95 Å². The van der Waals surface area contributed by atoms with Crippen molar-refractivity contribution in [2.24, 2.45) is 0 Å². The molecule has 3 nitrogen and oxygen atoms in total. The molecule has 0 saturated heterocycles. The predicted molar refractivity (Wildman–Crippen MR) is 68.7 cm³/mol. The second-order valence-electron chi connectivity index (χ2n) is 3.36. The van der Waals surface area contributed by atoms with E-state index in [0.717, 1.165) is 16.7 Å². The van der Waals surface area contributed by atoms with Crippen LogP contribution in [-0.2, 0) is 0 Å². The first-order valence-electron chi connectivity index (χ1n) is 4.76. The van der Waals surface area contributed by atoms with Gasteiger partial charge in [-0.2, -0.15) is 0 Å². The molecular weight excluding hydrogens is 242 g/mol. The van der Waals surface area contributed by atoms with Crippen LogP contribution in [0.5, 0.6) is 0 Å². The van der Waals surface area contributed by atoms with E-state index < -0.39 is 0 Å². The molecule has 0 fully saturated rings. The maximum Gasteiger partial charge on any atom is 0.205 e. The van der Waals surface area contributed by atoms with Crippen LogP contribution in [0.3, 0.4) is 0 Å². The van der Waals surface area contributed by atoms with E-state index in [1.54, 1.807) is 11.3 Å². The second-order valence-corrected chi connectivity index (χ2v) is 4.51. The average Bonchev–Trinajstić information content (AvgIpc) is 2.85. The maximum atomic E-state index is 5.99. The van der Waals surface area contributed by atoms with Gasteiger partial charge in [0.25, 0.3) is 0 Å². The number of fused-ring (bicyclic) bond motifs is 1. The normalized spacial score (nSPS) is 10.8. The van der Waals surface area contributed by atoms with Crippen LogP contribution < -0.4 is 5.32 Å². The Morgan fingerprint density at radius 3 is 2.88 bits per heavy atom. The van der Waals surface area contributed by atoms with E-state index in [1.165, 1.54) is 0 Å². The minimum absolute atomic E-state index is 0.710. The van der Waals surface area contributed by atoms with E-state index in [4.69, 9.17) is 11.6 Å². The molecule has 0 aliphatic rings. The zero-order valence-corrected chi connectivity index (χ0v) is 9.77. The Labute approximate surface area is 101 Å². The highest BCUT2D eigenvalue weighted by molar-refractivity contribution is 7.09. The summed E-state index contributed by atoms with van der Waals surface area (Å²) < 4.78 is 0. The SMILES string of the molecule is Clc1cscc1Nc1nc2ccccc2[nH]1. The first-order valence-corrected chi connectivity index (χ1v) is 6.08. The highest BCUT2D eigenvalue weighted by atomic mass is 35.5. The number of rotatable bonds is 2. The molecule has 2 heterocycles. The van der Waals surface area contributed by atoms with E-state index in [-0.39, 0.29) is 0 Å². The minimum atomic E-state index is 0.710. The molecular formula is C11H8ClN3S. The molecule has 80 valence electrons. The van der Waals surface area contributed by atoms with Crippen molar-refractivity contribution < 1.29 is 0 Å². The van der Waals surface area contributed by atoms with Gasteiger partial charge in [0.05, 0.1) is 21.7 Å². The van der Waals surface area contributed by atoms with Crippen molar-refractivity contribution >= 4 is 45.6 Å². The summed E-state index contributed by atoms with van der Waals surface area (Å²) in [5, 5.41) is 7.70. The Kier molecular flexibility index (Phi) is 2.31. The number of nitrogens with one attached hydrogen (secondary N) is 2. The van der Waals surface area contributed by atoms with Crippen LogP contribution in [-0.4, -0.2) is 9.97 Å². The number of H-pyrrole nitrogens is 1. The number of halogens is 1. The van der Waals surface area contributed by atoms with E-state index in [0.29, 0.717) is 11.0 Å². The number of nitrogens with zero attached hydrogens (tertiary/aromatic N) is 1. The van der Waals surface area contributed by atoms with Crippen molar-refractivity contribution in [2.45, 2.75) is 0 Å². The van der Waals surface area contributed by atoms with Gasteiger partial charge in [-0.15, -0.1) is 11.3 Å². The van der Waals surface area contributed by atoms with Crippen molar-refractivity contribution in [1.82, 2.24) is 9.97 Å². The van der Waals surface area contributed by atoms with Crippen LogP contribution in [0.2, 0.25) is 5.02 Å². The quantitative estimate of drug-likeness (QED) is 0.720. The number of imidazole rings is 1. The summed E-state index contributed by atoms with van der Waals surface area (Å²) in [6.45, 7) is 0. The van der Waals surface area contributed by atoms with Crippen molar-refractivity contribution in [2.75, 3.05) is 5.32 Å². The van der Waals surface area contributed by atoms with Gasteiger partial charge < -0.3 is 10.3 Å². The number of aromatic nitrogens is 2. The molecule has 0 amide bonds. The number of para-hydroxylation sites is 2. The largest absolute Gasteiger partial charge is 0.324 e. The maximum absolute atomic E-state index is 5.99. The van der Waals surface area contributed by atoms with Gasteiger partial charge in [0.15, 0.2) is 0 Å². The van der Waals surface area contributed by atoms with Gasteiger partial charge in [-0.25, -0.2) is 4.98 Å². The van der Waals surface area contributed by atoms with Crippen molar-refractivity contribution in [1.29, 1.82) is 0 Å². The number of aromatic amines is 1. The molecule has 0 aliphatic carbocycles. The number of anilines is 2. The molecule has 0 atom stereocenters. The lowest BCUT2D eigenvalue weighted by atomic mass is 10.3. The summed E-state index contributed by atoms with van der Waals surface area (Å²) in [4.78, 5) is 7.59. The van der Waals surface area contributed by atoms with E-state index in [2.05, 4.69) is 15.3 Å². The van der Waals surface area contributed by atoms with Crippen LogP contribution >= 0.6 is 22.9 Å². The number of benzene rings is 1. The molecule has 2 aromatic heterocycles. The first-order chi connectivity index (χ1) is 7.83. The van der Waals surface area contributed by atoms with Crippen molar-refractivity contribution in [3.05, 3.63) is 40.0 Å². The highest BCUT2D eigenvalue weighted by Gasteiger charge is 2.05. The average molecular weight is 250 g/mol. The van der Waals surface area contributed by atoms with Crippen LogP contribution in [0, 0.1) is 0 Å². The number of thiophene rings is 1. The Morgan fingerprint density at radius 1 is 1.25 bits per heavy atom. The van der Waals surface area contributed by atoms with Gasteiger partial charge in [-0.1, -0.05) is 23.7 Å². The molecule has 0 aliphatic heterocycles. The predicted octanol–water partition coefficient (Wildman–Crippen LogP) is 4.02. The third-order valence-electron chi connectivity index (χ3n) is 2.26. The van der Waals surface area contributed by atoms with Crippen molar-refractivity contribution in [3.63, 3.8) is 0 Å². The molecule has 3 rings (SSSR count). The van der Waals surface area contributed by atoms with Gasteiger partial charge in [0, 0.05) is 10.8 Å². The molecule has 16 heavy (non-hydrogen) atoms. The summed E-state index contributed by atoms with van der Waals surface area (Å²) in [5.41, 5.74) is 2.83. The summed E-state index contributed by atoms with van der Waals surface area (Å²) in [7, 11) is 0. The third-order valence-corrected chi connectivity index (χ3v) is 3.44. The monoisotopic (exact) mass is 249 g/mol. The summed E-state index contributed by atoms with van der Waals surface area (Å²) in [6, 6.07) is 7.89. The Balaban J connectivity index is 1.98. The standard InChI is InChI=1S/C11H8ClN3S/c12-7-5-16-6-10(7)15-11-13-8-3-1-2-4-9(8)14-11/h1-6H,(H2,13,14,15). The smallest absolute Gasteiger partial charge is 0.205 e. The van der Waals surface area contributed by atoms with Crippen molar-refractivity contribution in [3.8, 4) is 0 Å². The zero-order chi connectivity index (χ0) is 11.0. The van der Waals surface area contributed by atoms with E-state index >= 15 is 0 Å². The summed E-state index contributed by atoms with van der Waals surface area (Å²) in [5.74, 6) is 0.710. The lowest BCUT2D eigenvalue weighted by molar-refractivity contribution is 1.32. The fourth-order valence-electron chi connectivity index (χ4n) is 1.51. The van der Waals surface area contributed by atoms with Gasteiger partial charge >= 0.3 is 0 Å². The minimum Gasteiger partial charge on any atom is -0.324 e. The van der Waals surface area contributed by atoms with E-state index in [1.807, 2.05) is 35.0 Å². The molecule has 0 spiro atoms. The van der Waals surface area contributed by atoms with E-state index in [9.17, 15) is 0 Å². The molecule has 0 radical (unpaired) electrons. The molecule has 5 heteroatoms. The van der Waals surface area contributed by atoms with Crippen LogP contribution in [0.4, 0.5) is 11.6 Å². The molecule has 2 N–H and O–H groups in total. The van der Waals surface area contributed by atoms with Gasteiger partial charge in [-0.3, -0.25) is 0 Å². The molecule has 0 bridgehead atoms. The second kappa shape index (κ2) is 3.81. The number of hydrogen-bond acceptors (Lipinski definition) is 3. The Bertz CT molecular complexity index is 596. The van der Waals surface area contributed by atoms with Crippen LogP contribution in [0.1, 0.15) is 0 Å². The molecule has 0 saturated carbocycles. The summed E-state index contributed by atoms with van der Waals surface area (Å²) >= 11 is 7.55. The highest BCUT2D eigenvalue weighted by Crippen LogP contribution is 2.28. The number of hydrogen-bond donors (Lipinski definition) is 2. The molecule has 1 aromatic carbocycles. The Morgan fingerprint density at radius 2 is 2.12 bits per heavy atom. The fraction of sp³-hybridized carbons (Fsp3) is 0. The van der Waals surface area contributed by atoms with Gasteiger partial charge in [-0.05, 0) is 12.1 Å². The zero-order valence-electron chi connectivity index (χ0n) is 8.20. The molecule has 3 aromatic rings. The molecule has 0 unspecified atom stereocenters. The van der Waals surface area contributed by atoms with Crippen LogP contribution in [0.15, 0.2) is 35.0 Å². The Hall–Kier alpha value is -1.52. The topological polar surface area (TPSA) is 40.7 Å².